The molecule has 0 aliphatic carbocycles. The standard InChI is InChI=1S/C15H26N4/c1-11(2)9-19(10-14-6-5-7-16-14)15-17-12(3)8-13(4)18-15/h8,11,14,16H,5-7,9-10H2,1-4H3. The van der Waals surface area contributed by atoms with E-state index in [9.17, 15) is 0 Å². The van der Waals surface area contributed by atoms with Crippen LogP contribution in [0.3, 0.4) is 0 Å². The Morgan fingerprint density at radius 1 is 1.32 bits per heavy atom. The second-order valence-corrected chi connectivity index (χ2v) is 6.04. The van der Waals surface area contributed by atoms with Crippen molar-refractivity contribution in [2.24, 2.45) is 5.92 Å². The van der Waals surface area contributed by atoms with Gasteiger partial charge in [0.05, 0.1) is 0 Å². The van der Waals surface area contributed by atoms with Crippen molar-refractivity contribution in [1.82, 2.24) is 15.3 Å². The Hall–Kier alpha value is -1.16. The van der Waals surface area contributed by atoms with Gasteiger partial charge in [-0.3, -0.25) is 0 Å². The van der Waals surface area contributed by atoms with Crippen LogP contribution in [0.25, 0.3) is 0 Å². The Kier molecular flexibility index (Phi) is 4.75. The molecular formula is C15H26N4. The molecule has 0 aromatic carbocycles. The maximum absolute atomic E-state index is 4.62. The van der Waals surface area contributed by atoms with E-state index in [0.717, 1.165) is 37.0 Å². The number of hydrogen-bond acceptors (Lipinski definition) is 4. The summed E-state index contributed by atoms with van der Waals surface area (Å²) in [5.41, 5.74) is 2.10. The predicted molar refractivity (Wildman–Crippen MR) is 79.6 cm³/mol. The van der Waals surface area contributed by atoms with E-state index in [1.165, 1.54) is 12.8 Å². The van der Waals surface area contributed by atoms with Crippen LogP contribution < -0.4 is 10.2 Å². The molecule has 1 atom stereocenters. The zero-order chi connectivity index (χ0) is 13.8. The predicted octanol–water partition coefficient (Wildman–Crippen LogP) is 2.31. The Morgan fingerprint density at radius 2 is 2.00 bits per heavy atom. The highest BCUT2D eigenvalue weighted by Gasteiger charge is 2.20. The van der Waals surface area contributed by atoms with E-state index in [1.54, 1.807) is 0 Å². The number of hydrogen-bond donors (Lipinski definition) is 1. The maximum Gasteiger partial charge on any atom is 0.225 e. The fourth-order valence-corrected chi connectivity index (χ4v) is 2.71. The van der Waals surface area contributed by atoms with Gasteiger partial charge in [0.15, 0.2) is 0 Å². The average Bonchev–Trinajstić information content (AvgIpc) is 2.79. The number of aryl methyl sites for hydroxylation is 2. The van der Waals surface area contributed by atoms with Gasteiger partial charge in [-0.1, -0.05) is 13.8 Å². The Balaban J connectivity index is 2.15. The van der Waals surface area contributed by atoms with Crippen molar-refractivity contribution >= 4 is 5.95 Å². The summed E-state index contributed by atoms with van der Waals surface area (Å²) in [6.07, 6.45) is 2.55. The summed E-state index contributed by atoms with van der Waals surface area (Å²) in [5.74, 6) is 1.51. The average molecular weight is 262 g/mol. The van der Waals surface area contributed by atoms with Crippen molar-refractivity contribution in [3.63, 3.8) is 0 Å². The molecule has 1 fully saturated rings. The minimum atomic E-state index is 0.586. The highest BCUT2D eigenvalue weighted by atomic mass is 15.3. The zero-order valence-electron chi connectivity index (χ0n) is 12.6. The van der Waals surface area contributed by atoms with Gasteiger partial charge in [0.25, 0.3) is 0 Å². The van der Waals surface area contributed by atoms with Crippen molar-refractivity contribution in [3.05, 3.63) is 17.5 Å². The summed E-state index contributed by atoms with van der Waals surface area (Å²) in [4.78, 5) is 11.6. The zero-order valence-corrected chi connectivity index (χ0v) is 12.6. The van der Waals surface area contributed by atoms with Crippen molar-refractivity contribution in [3.8, 4) is 0 Å². The van der Waals surface area contributed by atoms with Gasteiger partial charge in [0, 0.05) is 30.5 Å². The van der Waals surface area contributed by atoms with Crippen LogP contribution in [-0.4, -0.2) is 35.6 Å². The third-order valence-electron chi connectivity index (χ3n) is 3.44. The largest absolute Gasteiger partial charge is 0.339 e. The number of nitrogens with one attached hydrogen (secondary N) is 1. The normalized spacial score (nSPS) is 19.1. The van der Waals surface area contributed by atoms with Gasteiger partial charge < -0.3 is 10.2 Å². The number of nitrogens with zero attached hydrogens (tertiary/aromatic N) is 3. The summed E-state index contributed by atoms with van der Waals surface area (Å²) in [6.45, 7) is 11.8. The van der Waals surface area contributed by atoms with Gasteiger partial charge >= 0.3 is 0 Å². The summed E-state index contributed by atoms with van der Waals surface area (Å²) < 4.78 is 0. The molecule has 0 spiro atoms. The molecule has 1 unspecified atom stereocenters. The first kappa shape index (κ1) is 14.3. The second kappa shape index (κ2) is 6.33. The molecule has 0 bridgehead atoms. The monoisotopic (exact) mass is 262 g/mol. The van der Waals surface area contributed by atoms with Gasteiger partial charge in [-0.2, -0.15) is 0 Å². The van der Waals surface area contributed by atoms with Crippen LogP contribution in [0.2, 0.25) is 0 Å². The molecule has 1 aromatic rings. The van der Waals surface area contributed by atoms with E-state index in [2.05, 4.69) is 34.0 Å². The minimum absolute atomic E-state index is 0.586. The van der Waals surface area contributed by atoms with Gasteiger partial charge in [-0.05, 0) is 45.2 Å². The molecular weight excluding hydrogens is 236 g/mol. The van der Waals surface area contributed by atoms with E-state index in [4.69, 9.17) is 0 Å². The fourth-order valence-electron chi connectivity index (χ4n) is 2.71. The van der Waals surface area contributed by atoms with Gasteiger partial charge in [0.2, 0.25) is 5.95 Å². The molecule has 1 N–H and O–H groups in total. The highest BCUT2D eigenvalue weighted by Crippen LogP contribution is 2.15. The lowest BCUT2D eigenvalue weighted by Crippen LogP contribution is -2.40. The van der Waals surface area contributed by atoms with Crippen LogP contribution in [0.5, 0.6) is 0 Å². The summed E-state index contributed by atoms with van der Waals surface area (Å²) in [7, 11) is 0. The van der Waals surface area contributed by atoms with Crippen LogP contribution in [0, 0.1) is 19.8 Å². The van der Waals surface area contributed by atoms with E-state index < -0.39 is 0 Å². The van der Waals surface area contributed by atoms with E-state index in [1.807, 2.05) is 19.9 Å². The first-order valence-electron chi connectivity index (χ1n) is 7.35. The van der Waals surface area contributed by atoms with Crippen molar-refractivity contribution in [2.75, 3.05) is 24.5 Å². The molecule has 1 aliphatic rings. The number of rotatable bonds is 5. The van der Waals surface area contributed by atoms with E-state index in [-0.39, 0.29) is 0 Å². The molecule has 0 radical (unpaired) electrons. The molecule has 0 amide bonds. The van der Waals surface area contributed by atoms with Crippen LogP contribution in [-0.2, 0) is 0 Å². The minimum Gasteiger partial charge on any atom is -0.339 e. The van der Waals surface area contributed by atoms with Crippen molar-refractivity contribution in [1.29, 1.82) is 0 Å². The smallest absolute Gasteiger partial charge is 0.225 e. The SMILES string of the molecule is Cc1cc(C)nc(N(CC(C)C)CC2CCCN2)n1. The molecule has 4 heteroatoms. The molecule has 2 rings (SSSR count). The summed E-state index contributed by atoms with van der Waals surface area (Å²) in [6, 6.07) is 2.62. The van der Waals surface area contributed by atoms with Gasteiger partial charge in [0.1, 0.15) is 0 Å². The Bertz CT molecular complexity index is 390. The van der Waals surface area contributed by atoms with Gasteiger partial charge in [-0.15, -0.1) is 0 Å². The fraction of sp³-hybridized carbons (Fsp3) is 0.733. The molecule has 1 aromatic heterocycles. The quantitative estimate of drug-likeness (QED) is 0.884. The van der Waals surface area contributed by atoms with Crippen LogP contribution >= 0.6 is 0 Å². The first-order valence-corrected chi connectivity index (χ1v) is 7.35. The van der Waals surface area contributed by atoms with E-state index >= 15 is 0 Å². The molecule has 19 heavy (non-hydrogen) atoms. The van der Waals surface area contributed by atoms with Crippen LogP contribution in [0.1, 0.15) is 38.1 Å². The Labute approximate surface area is 116 Å². The maximum atomic E-state index is 4.62. The van der Waals surface area contributed by atoms with Crippen LogP contribution in [0.15, 0.2) is 6.07 Å². The third kappa shape index (κ3) is 4.16. The molecule has 106 valence electrons. The van der Waals surface area contributed by atoms with Crippen molar-refractivity contribution in [2.45, 2.75) is 46.6 Å². The number of aromatic nitrogens is 2. The molecule has 4 nitrogen and oxygen atoms in total. The Morgan fingerprint density at radius 3 is 2.53 bits per heavy atom. The molecule has 2 heterocycles. The molecule has 1 aliphatic heterocycles. The summed E-state index contributed by atoms with van der Waals surface area (Å²) in [5, 5.41) is 3.56. The lowest BCUT2D eigenvalue weighted by molar-refractivity contribution is 0.533. The first-order chi connectivity index (χ1) is 9.04. The number of anilines is 1. The van der Waals surface area contributed by atoms with E-state index in [0.29, 0.717) is 12.0 Å². The lowest BCUT2D eigenvalue weighted by atomic mass is 10.1. The molecule has 0 saturated carbocycles. The lowest BCUT2D eigenvalue weighted by Gasteiger charge is -2.28. The summed E-state index contributed by atoms with van der Waals surface area (Å²) >= 11 is 0. The van der Waals surface area contributed by atoms with Crippen LogP contribution in [0.4, 0.5) is 5.95 Å². The second-order valence-electron chi connectivity index (χ2n) is 6.04. The van der Waals surface area contributed by atoms with Gasteiger partial charge in [-0.25, -0.2) is 9.97 Å². The highest BCUT2D eigenvalue weighted by molar-refractivity contribution is 5.32. The molecule has 1 saturated heterocycles. The third-order valence-corrected chi connectivity index (χ3v) is 3.44. The topological polar surface area (TPSA) is 41.1 Å². The van der Waals surface area contributed by atoms with Crippen molar-refractivity contribution < 1.29 is 0 Å².